The number of fused-ring (bicyclic) bond motifs is 2. The average Bonchev–Trinajstić information content (AvgIpc) is 3.27. The largest absolute Gasteiger partial charge is 0.454 e. The van der Waals surface area contributed by atoms with Crippen molar-refractivity contribution < 1.29 is 28.8 Å². The second-order valence-corrected chi connectivity index (χ2v) is 14.0. The van der Waals surface area contributed by atoms with Gasteiger partial charge in [0.05, 0.1) is 39.2 Å². The van der Waals surface area contributed by atoms with Crippen molar-refractivity contribution in [3.8, 4) is 11.3 Å². The molecular formula is C33H24Br2ClN3O7. The number of anilines is 1. The summed E-state index contributed by atoms with van der Waals surface area (Å²) in [6.07, 6.45) is 1.15. The maximum Gasteiger partial charge on any atom is 0.339 e. The number of halogens is 3. The minimum Gasteiger partial charge on any atom is -0.454 e. The molecule has 1 saturated heterocycles. The molecule has 1 aromatic heterocycles. The van der Waals surface area contributed by atoms with E-state index in [2.05, 4.69) is 31.9 Å². The Kier molecular flexibility index (Phi) is 8.79. The van der Waals surface area contributed by atoms with Gasteiger partial charge in [0.15, 0.2) is 6.61 Å². The first kappa shape index (κ1) is 32.0. The SMILES string of the molecule is Cc1cccc2c(C(=O)OCC(=O)c3ccc(Cl)c([N+](=O)[O-])c3)cc(-c3ccc(N4C(=O)C5CC(Br)C(Br)CC5C4=O)cc3)nc12. The number of hydrogen-bond donors (Lipinski definition) is 0. The molecule has 0 bridgehead atoms. The normalized spacial score (nSPS) is 20.9. The van der Waals surface area contributed by atoms with Crippen molar-refractivity contribution in [2.75, 3.05) is 11.5 Å². The van der Waals surface area contributed by atoms with Crippen LogP contribution >= 0.6 is 43.5 Å². The molecule has 13 heteroatoms. The van der Waals surface area contributed by atoms with Crippen LogP contribution in [0.15, 0.2) is 66.7 Å². The number of aromatic nitrogens is 1. The van der Waals surface area contributed by atoms with Gasteiger partial charge in [-0.15, -0.1) is 0 Å². The number of imide groups is 1. The third-order valence-corrected chi connectivity index (χ3v) is 11.4. The van der Waals surface area contributed by atoms with Crippen LogP contribution < -0.4 is 4.90 Å². The Morgan fingerprint density at radius 2 is 1.65 bits per heavy atom. The first-order valence-electron chi connectivity index (χ1n) is 14.3. The van der Waals surface area contributed by atoms with Crippen molar-refractivity contribution in [2.24, 2.45) is 11.8 Å². The fourth-order valence-electron chi connectivity index (χ4n) is 5.96. The summed E-state index contributed by atoms with van der Waals surface area (Å²) in [6, 6.07) is 17.4. The van der Waals surface area contributed by atoms with Crippen molar-refractivity contribution in [3.63, 3.8) is 0 Å². The molecule has 10 nitrogen and oxygen atoms in total. The molecule has 1 aliphatic carbocycles. The van der Waals surface area contributed by atoms with Gasteiger partial charge in [0, 0.05) is 32.2 Å². The molecule has 2 heterocycles. The summed E-state index contributed by atoms with van der Waals surface area (Å²) in [5.74, 6) is -2.57. The third kappa shape index (κ3) is 5.85. The first-order valence-corrected chi connectivity index (χ1v) is 16.5. The molecule has 2 fully saturated rings. The number of rotatable bonds is 7. The molecule has 2 aliphatic rings. The van der Waals surface area contributed by atoms with Gasteiger partial charge in [-0.05, 0) is 55.7 Å². The smallest absolute Gasteiger partial charge is 0.339 e. The van der Waals surface area contributed by atoms with Crippen molar-refractivity contribution in [1.29, 1.82) is 0 Å². The van der Waals surface area contributed by atoms with Crippen LogP contribution in [0.5, 0.6) is 0 Å². The Morgan fingerprint density at radius 3 is 2.28 bits per heavy atom. The number of carbonyl (C=O) groups is 4. The van der Waals surface area contributed by atoms with E-state index in [1.807, 2.05) is 13.0 Å². The maximum absolute atomic E-state index is 13.4. The van der Waals surface area contributed by atoms with E-state index in [1.165, 1.54) is 17.0 Å². The summed E-state index contributed by atoms with van der Waals surface area (Å²) in [5, 5.41) is 11.6. The number of nitro groups is 1. The molecule has 6 rings (SSSR count). The predicted octanol–water partition coefficient (Wildman–Crippen LogP) is 7.24. The van der Waals surface area contributed by atoms with Crippen molar-refractivity contribution in [1.82, 2.24) is 4.98 Å². The molecule has 1 aliphatic heterocycles. The Hall–Kier alpha value is -4.00. The van der Waals surface area contributed by atoms with Crippen molar-refractivity contribution in [2.45, 2.75) is 29.4 Å². The monoisotopic (exact) mass is 767 g/mol. The fourth-order valence-corrected chi connectivity index (χ4v) is 7.38. The van der Waals surface area contributed by atoms with Crippen LogP contribution in [-0.2, 0) is 14.3 Å². The Balaban J connectivity index is 1.27. The average molecular weight is 770 g/mol. The minimum atomic E-state index is -0.779. The maximum atomic E-state index is 13.4. The summed E-state index contributed by atoms with van der Waals surface area (Å²) in [5.41, 5.74) is 2.62. The van der Waals surface area contributed by atoms with E-state index in [4.69, 9.17) is 21.3 Å². The molecule has 3 aromatic carbocycles. The van der Waals surface area contributed by atoms with E-state index < -0.39 is 29.0 Å². The Morgan fingerprint density at radius 1 is 1.00 bits per heavy atom. The van der Waals surface area contributed by atoms with E-state index in [1.54, 1.807) is 42.5 Å². The number of para-hydroxylation sites is 1. The number of alkyl halides is 2. The molecule has 0 spiro atoms. The quantitative estimate of drug-likeness (QED) is 0.0480. The summed E-state index contributed by atoms with van der Waals surface area (Å²) in [7, 11) is 0. The zero-order chi connectivity index (χ0) is 32.9. The van der Waals surface area contributed by atoms with E-state index >= 15 is 0 Å². The standard InChI is InChI=1S/C33H24Br2ClN3O7/c1-16-3-2-4-20-23(33(43)46-15-29(40)18-7-10-26(36)28(11-18)39(44)45)14-27(37-30(16)20)17-5-8-19(9-6-17)38-31(41)21-12-24(34)25(35)13-22(21)32(38)42/h2-11,14,21-22,24-25H,12-13,15H2,1H3. The van der Waals surface area contributed by atoms with E-state index in [9.17, 15) is 29.3 Å². The lowest BCUT2D eigenvalue weighted by Crippen LogP contribution is -2.34. The van der Waals surface area contributed by atoms with Gasteiger partial charge in [-0.3, -0.25) is 29.4 Å². The number of Topliss-reactive ketones (excluding diaryl/α,β-unsaturated/α-hetero) is 1. The first-order chi connectivity index (χ1) is 21.9. The van der Waals surface area contributed by atoms with Gasteiger partial charge >= 0.3 is 5.97 Å². The second kappa shape index (κ2) is 12.7. The number of ketones is 1. The van der Waals surface area contributed by atoms with Gasteiger partial charge in [-0.2, -0.15) is 0 Å². The van der Waals surface area contributed by atoms with Gasteiger partial charge in [-0.25, -0.2) is 9.78 Å². The number of benzene rings is 3. The molecule has 0 N–H and O–H groups in total. The molecule has 4 unspecified atom stereocenters. The molecule has 2 amide bonds. The molecule has 4 aromatic rings. The molecular weight excluding hydrogens is 746 g/mol. The number of nitro benzene ring substituents is 1. The second-order valence-electron chi connectivity index (χ2n) is 11.2. The summed E-state index contributed by atoms with van der Waals surface area (Å²) < 4.78 is 5.38. The number of esters is 1. The van der Waals surface area contributed by atoms with E-state index in [0.29, 0.717) is 40.7 Å². The number of carbonyl (C=O) groups excluding carboxylic acids is 4. The highest BCUT2D eigenvalue weighted by Crippen LogP contribution is 2.44. The number of ether oxygens (including phenoxy) is 1. The van der Waals surface area contributed by atoms with Crippen molar-refractivity contribution in [3.05, 3.63) is 98.6 Å². The van der Waals surface area contributed by atoms with Gasteiger partial charge < -0.3 is 4.74 Å². The lowest BCUT2D eigenvalue weighted by atomic mass is 9.81. The van der Waals surface area contributed by atoms with Crippen LogP contribution in [0, 0.1) is 28.9 Å². The molecule has 4 atom stereocenters. The highest BCUT2D eigenvalue weighted by Gasteiger charge is 2.52. The van der Waals surface area contributed by atoms with Crippen LogP contribution in [0.4, 0.5) is 11.4 Å². The Bertz CT molecular complexity index is 1920. The number of nitrogens with zero attached hydrogens (tertiary/aromatic N) is 3. The van der Waals surface area contributed by atoms with Crippen LogP contribution in [0.2, 0.25) is 5.02 Å². The van der Waals surface area contributed by atoms with Gasteiger partial charge in [0.25, 0.3) is 5.69 Å². The molecule has 46 heavy (non-hydrogen) atoms. The summed E-state index contributed by atoms with van der Waals surface area (Å²) >= 11 is 13.1. The topological polar surface area (TPSA) is 137 Å². The highest BCUT2D eigenvalue weighted by atomic mass is 79.9. The zero-order valence-corrected chi connectivity index (χ0v) is 28.0. The lowest BCUT2D eigenvalue weighted by molar-refractivity contribution is -0.384. The van der Waals surface area contributed by atoms with Gasteiger partial charge in [0.1, 0.15) is 5.02 Å². The summed E-state index contributed by atoms with van der Waals surface area (Å²) in [6.45, 7) is 1.20. The molecule has 234 valence electrons. The number of hydrogen-bond acceptors (Lipinski definition) is 8. The van der Waals surface area contributed by atoms with Crippen LogP contribution in [0.3, 0.4) is 0 Å². The van der Waals surface area contributed by atoms with Crippen LogP contribution in [0.1, 0.15) is 39.1 Å². The summed E-state index contributed by atoms with van der Waals surface area (Å²) in [4.78, 5) is 69.4. The fraction of sp³-hybridized carbons (Fsp3) is 0.242. The molecule has 0 radical (unpaired) electrons. The predicted molar refractivity (Wildman–Crippen MR) is 179 cm³/mol. The number of amides is 2. The molecule has 1 saturated carbocycles. The zero-order valence-electron chi connectivity index (χ0n) is 24.1. The van der Waals surface area contributed by atoms with Gasteiger partial charge in [-0.1, -0.05) is 73.8 Å². The highest BCUT2D eigenvalue weighted by molar-refractivity contribution is 9.12. The van der Waals surface area contributed by atoms with E-state index in [-0.39, 0.29) is 49.5 Å². The Labute approximate surface area is 284 Å². The van der Waals surface area contributed by atoms with Gasteiger partial charge in [0.2, 0.25) is 17.6 Å². The minimum absolute atomic E-state index is 0.0200. The van der Waals surface area contributed by atoms with Crippen molar-refractivity contribution >= 4 is 89.3 Å². The van der Waals surface area contributed by atoms with E-state index in [0.717, 1.165) is 11.6 Å². The lowest BCUT2D eigenvalue weighted by Gasteiger charge is -2.29. The van der Waals surface area contributed by atoms with Crippen LogP contribution in [-0.4, -0.2) is 49.7 Å². The number of aryl methyl sites for hydroxylation is 1. The van der Waals surface area contributed by atoms with Crippen LogP contribution in [0.25, 0.3) is 22.2 Å². The third-order valence-electron chi connectivity index (χ3n) is 8.39. The number of pyridine rings is 1.